The van der Waals surface area contributed by atoms with Gasteiger partial charge in [0.15, 0.2) is 9.84 Å². The van der Waals surface area contributed by atoms with Crippen LogP contribution in [0.4, 0.5) is 0 Å². The first kappa shape index (κ1) is 15.2. The van der Waals surface area contributed by atoms with Crippen LogP contribution in [-0.4, -0.2) is 60.1 Å². The number of nitrogens with one attached hydrogen (secondary N) is 1. The van der Waals surface area contributed by atoms with Crippen LogP contribution in [0.3, 0.4) is 0 Å². The molecule has 2 atom stereocenters. The third-order valence-corrected chi connectivity index (χ3v) is 6.97. The van der Waals surface area contributed by atoms with E-state index in [9.17, 15) is 13.2 Å². The molecular weight excluding hydrogens is 330 g/mol. The highest BCUT2D eigenvalue weighted by molar-refractivity contribution is 7.92. The summed E-state index contributed by atoms with van der Waals surface area (Å²) < 4.78 is 28.9. The average molecular weight is 347 g/mol. The summed E-state index contributed by atoms with van der Waals surface area (Å²) in [6.07, 6.45) is 0.543. The molecule has 4 rings (SSSR count). The van der Waals surface area contributed by atoms with Gasteiger partial charge in [-0.1, -0.05) is 12.1 Å². The topological polar surface area (TPSA) is 92.4 Å². The maximum Gasteiger partial charge on any atom is 0.272 e. The van der Waals surface area contributed by atoms with Crippen LogP contribution in [0.1, 0.15) is 16.9 Å². The number of sulfone groups is 1. The van der Waals surface area contributed by atoms with Gasteiger partial charge in [-0.05, 0) is 24.6 Å². The van der Waals surface area contributed by atoms with E-state index in [4.69, 9.17) is 4.74 Å². The molecule has 1 aromatic heterocycles. The number of methoxy groups -OCH3 is 1. The van der Waals surface area contributed by atoms with Crippen molar-refractivity contribution in [1.82, 2.24) is 15.1 Å². The van der Waals surface area contributed by atoms with E-state index >= 15 is 0 Å². The highest BCUT2D eigenvalue weighted by Gasteiger charge is 2.50. The van der Waals surface area contributed by atoms with Crippen molar-refractivity contribution in [3.63, 3.8) is 0 Å². The van der Waals surface area contributed by atoms with Crippen molar-refractivity contribution in [3.8, 4) is 17.0 Å². The SMILES string of the molecule is COc1ccccc1-c1cc(C(=O)N2CC3CC2CS3(=O)=O)[nH]n1. The predicted molar refractivity (Wildman–Crippen MR) is 87.6 cm³/mol. The molecular formula is C16H17N3O4S. The van der Waals surface area contributed by atoms with Crippen molar-refractivity contribution >= 4 is 15.7 Å². The summed E-state index contributed by atoms with van der Waals surface area (Å²) in [6.45, 7) is 0.273. The molecule has 0 saturated carbocycles. The molecule has 0 aliphatic carbocycles. The molecule has 2 saturated heterocycles. The fraction of sp³-hybridized carbons (Fsp3) is 0.375. The van der Waals surface area contributed by atoms with Gasteiger partial charge in [0, 0.05) is 18.2 Å². The minimum atomic E-state index is -3.02. The first-order valence-corrected chi connectivity index (χ1v) is 9.42. The molecule has 2 aromatic rings. The van der Waals surface area contributed by atoms with Crippen molar-refractivity contribution in [2.45, 2.75) is 17.7 Å². The maximum absolute atomic E-state index is 12.7. The van der Waals surface area contributed by atoms with Crippen LogP contribution >= 0.6 is 0 Å². The number of aromatic amines is 1. The Morgan fingerprint density at radius 3 is 2.83 bits per heavy atom. The first-order chi connectivity index (χ1) is 11.5. The second-order valence-corrected chi connectivity index (χ2v) is 8.49. The van der Waals surface area contributed by atoms with E-state index in [2.05, 4.69) is 10.2 Å². The van der Waals surface area contributed by atoms with Crippen LogP contribution in [0.2, 0.25) is 0 Å². The number of likely N-dealkylation sites (tertiary alicyclic amines) is 1. The largest absolute Gasteiger partial charge is 0.496 e. The van der Waals surface area contributed by atoms with Gasteiger partial charge in [-0.2, -0.15) is 5.10 Å². The van der Waals surface area contributed by atoms with E-state index in [0.717, 1.165) is 5.56 Å². The number of ether oxygens (including phenoxy) is 1. The number of carbonyl (C=O) groups excluding carboxylic acids is 1. The molecule has 2 bridgehead atoms. The zero-order valence-electron chi connectivity index (χ0n) is 13.1. The smallest absolute Gasteiger partial charge is 0.272 e. The standard InChI is InChI=1S/C16H17N3O4S/c1-23-15-5-3-2-4-12(15)13-7-14(18-17-13)16(20)19-8-11-6-10(19)9-24(11,21)22/h2-5,7,10-11H,6,8-9H2,1H3,(H,17,18). The van der Waals surface area contributed by atoms with Crippen LogP contribution in [0.15, 0.2) is 30.3 Å². The summed E-state index contributed by atoms with van der Waals surface area (Å²) in [5.74, 6) is 0.539. The highest BCUT2D eigenvalue weighted by atomic mass is 32.2. The number of rotatable bonds is 3. The van der Waals surface area contributed by atoms with E-state index in [1.165, 1.54) is 0 Å². The second-order valence-electron chi connectivity index (χ2n) is 6.17. The molecule has 1 aromatic carbocycles. The predicted octanol–water partition coefficient (Wildman–Crippen LogP) is 1.10. The zero-order chi connectivity index (χ0) is 16.9. The third-order valence-electron chi connectivity index (χ3n) is 4.76. The number of para-hydroxylation sites is 1. The summed E-state index contributed by atoms with van der Waals surface area (Å²) >= 11 is 0. The third kappa shape index (κ3) is 2.29. The number of fused-ring (bicyclic) bond motifs is 2. The molecule has 2 aliphatic rings. The summed E-state index contributed by atoms with van der Waals surface area (Å²) in [4.78, 5) is 14.3. The summed E-state index contributed by atoms with van der Waals surface area (Å²) in [6, 6.07) is 8.90. The molecule has 2 aliphatic heterocycles. The Kier molecular flexibility index (Phi) is 3.38. The number of carbonyl (C=O) groups is 1. The van der Waals surface area contributed by atoms with E-state index in [1.807, 2.05) is 24.3 Å². The van der Waals surface area contributed by atoms with E-state index < -0.39 is 15.1 Å². The van der Waals surface area contributed by atoms with Gasteiger partial charge in [0.25, 0.3) is 5.91 Å². The fourth-order valence-corrected chi connectivity index (χ4v) is 5.55. The molecule has 24 heavy (non-hydrogen) atoms. The van der Waals surface area contributed by atoms with Crippen molar-refractivity contribution < 1.29 is 17.9 Å². The lowest BCUT2D eigenvalue weighted by Crippen LogP contribution is -2.44. The van der Waals surface area contributed by atoms with Crippen molar-refractivity contribution in [1.29, 1.82) is 0 Å². The van der Waals surface area contributed by atoms with Gasteiger partial charge < -0.3 is 9.64 Å². The highest BCUT2D eigenvalue weighted by Crippen LogP contribution is 2.34. The van der Waals surface area contributed by atoms with Gasteiger partial charge in [-0.25, -0.2) is 8.42 Å². The number of hydrogen-bond acceptors (Lipinski definition) is 5. The maximum atomic E-state index is 12.7. The fourth-order valence-electron chi connectivity index (χ4n) is 3.53. The molecule has 1 N–H and O–H groups in total. The van der Waals surface area contributed by atoms with E-state index in [1.54, 1.807) is 18.1 Å². The second kappa shape index (κ2) is 5.34. The molecule has 3 heterocycles. The molecule has 8 heteroatoms. The Bertz CT molecular complexity index is 906. The van der Waals surface area contributed by atoms with Crippen molar-refractivity contribution in [2.24, 2.45) is 0 Å². The minimum Gasteiger partial charge on any atom is -0.496 e. The monoisotopic (exact) mass is 347 g/mol. The van der Waals surface area contributed by atoms with Crippen LogP contribution in [0, 0.1) is 0 Å². The number of nitrogens with zero attached hydrogens (tertiary/aromatic N) is 2. The lowest BCUT2D eigenvalue weighted by atomic mass is 10.1. The lowest BCUT2D eigenvalue weighted by Gasteiger charge is -2.26. The van der Waals surface area contributed by atoms with Gasteiger partial charge in [0.05, 0.1) is 23.8 Å². The summed E-state index contributed by atoms with van der Waals surface area (Å²) in [5, 5.41) is 6.56. The molecule has 1 amide bonds. The average Bonchev–Trinajstić information content (AvgIpc) is 3.27. The number of H-pyrrole nitrogens is 1. The molecule has 0 radical (unpaired) electrons. The quantitative estimate of drug-likeness (QED) is 0.897. The van der Waals surface area contributed by atoms with E-state index in [-0.39, 0.29) is 24.2 Å². The Morgan fingerprint density at radius 2 is 2.17 bits per heavy atom. The lowest BCUT2D eigenvalue weighted by molar-refractivity contribution is 0.0740. The Morgan fingerprint density at radius 1 is 1.38 bits per heavy atom. The molecule has 126 valence electrons. The number of hydrogen-bond donors (Lipinski definition) is 1. The van der Waals surface area contributed by atoms with Crippen LogP contribution in [0.25, 0.3) is 11.3 Å². The summed E-state index contributed by atoms with van der Waals surface area (Å²) in [7, 11) is -1.44. The van der Waals surface area contributed by atoms with Gasteiger partial charge in [0.2, 0.25) is 0 Å². The van der Waals surface area contributed by atoms with Gasteiger partial charge in [-0.3, -0.25) is 9.89 Å². The zero-order valence-corrected chi connectivity index (χ0v) is 13.9. The Hall–Kier alpha value is -2.35. The number of aromatic nitrogens is 2. The minimum absolute atomic E-state index is 0.0664. The Labute approximate surface area is 139 Å². The van der Waals surface area contributed by atoms with E-state index in [0.29, 0.717) is 23.6 Å². The molecule has 2 fully saturated rings. The first-order valence-electron chi connectivity index (χ1n) is 7.71. The number of benzene rings is 1. The van der Waals surface area contributed by atoms with Crippen molar-refractivity contribution in [3.05, 3.63) is 36.0 Å². The van der Waals surface area contributed by atoms with Gasteiger partial charge in [0.1, 0.15) is 11.4 Å². The molecule has 0 spiro atoms. The van der Waals surface area contributed by atoms with Crippen LogP contribution in [0.5, 0.6) is 5.75 Å². The van der Waals surface area contributed by atoms with Gasteiger partial charge >= 0.3 is 0 Å². The molecule has 2 unspecified atom stereocenters. The van der Waals surface area contributed by atoms with Gasteiger partial charge in [-0.15, -0.1) is 0 Å². The number of amides is 1. The normalized spacial score (nSPS) is 24.3. The van der Waals surface area contributed by atoms with Crippen molar-refractivity contribution in [2.75, 3.05) is 19.4 Å². The van der Waals surface area contributed by atoms with Crippen LogP contribution in [-0.2, 0) is 9.84 Å². The Balaban J connectivity index is 1.59. The van der Waals surface area contributed by atoms with Crippen LogP contribution < -0.4 is 4.74 Å². The molecule has 7 nitrogen and oxygen atoms in total. The summed E-state index contributed by atoms with van der Waals surface area (Å²) in [5.41, 5.74) is 1.77.